The smallest absolute Gasteiger partial charge is 0.407 e. The lowest BCUT2D eigenvalue weighted by molar-refractivity contribution is -0.139. The van der Waals surface area contributed by atoms with Gasteiger partial charge in [0.15, 0.2) is 5.78 Å². The Morgan fingerprint density at radius 2 is 1.71 bits per heavy atom. The van der Waals surface area contributed by atoms with E-state index in [-0.39, 0.29) is 18.5 Å². The van der Waals surface area contributed by atoms with E-state index in [1.165, 1.54) is 0 Å². The zero-order chi connectivity index (χ0) is 21.0. The van der Waals surface area contributed by atoms with Gasteiger partial charge in [-0.05, 0) is 38.7 Å². The number of hydrogen-bond donors (Lipinski definition) is 2. The third-order valence-corrected chi connectivity index (χ3v) is 5.05. The number of carbonyl (C=O) groups is 2. The van der Waals surface area contributed by atoms with Gasteiger partial charge >= 0.3 is 6.09 Å². The predicted octanol–water partition coefficient (Wildman–Crippen LogP) is 3.83. The number of rotatable bonds is 13. The molecule has 1 amide bonds. The Hall–Kier alpha value is -1.92. The van der Waals surface area contributed by atoms with E-state index in [0.29, 0.717) is 19.5 Å². The van der Waals surface area contributed by atoms with Crippen molar-refractivity contribution in [2.75, 3.05) is 13.1 Å². The number of alkyl carbamates (subject to hydrolysis) is 1. The van der Waals surface area contributed by atoms with Crippen LogP contribution in [0.15, 0.2) is 30.3 Å². The Balaban J connectivity index is 2.38. The van der Waals surface area contributed by atoms with Crippen LogP contribution in [0.2, 0.25) is 0 Å². The molecule has 6 nitrogen and oxygen atoms in total. The predicted molar refractivity (Wildman–Crippen MR) is 111 cm³/mol. The lowest BCUT2D eigenvalue weighted by Gasteiger charge is -2.32. The molecule has 0 aliphatic carbocycles. The van der Waals surface area contributed by atoms with Gasteiger partial charge in [0.25, 0.3) is 0 Å². The maximum Gasteiger partial charge on any atom is 0.407 e. The van der Waals surface area contributed by atoms with Gasteiger partial charge in [-0.2, -0.15) is 0 Å². The first kappa shape index (κ1) is 24.1. The second kappa shape index (κ2) is 12.5. The fourth-order valence-electron chi connectivity index (χ4n) is 2.94. The van der Waals surface area contributed by atoms with Crippen LogP contribution in [0.3, 0.4) is 0 Å². The van der Waals surface area contributed by atoms with E-state index in [1.807, 2.05) is 51.1 Å². The highest BCUT2D eigenvalue weighted by molar-refractivity contribution is 5.91. The van der Waals surface area contributed by atoms with Gasteiger partial charge in [-0.25, -0.2) is 4.79 Å². The normalized spacial score (nSPS) is 14.4. The molecule has 0 aliphatic rings. The first-order valence-electron chi connectivity index (χ1n) is 10.3. The molecule has 1 aromatic carbocycles. The summed E-state index contributed by atoms with van der Waals surface area (Å²) in [7, 11) is 0. The van der Waals surface area contributed by atoms with Crippen LogP contribution in [0, 0.1) is 0 Å². The number of nitrogens with one attached hydrogen (secondary N) is 2. The van der Waals surface area contributed by atoms with Gasteiger partial charge in [0.2, 0.25) is 0 Å². The Morgan fingerprint density at radius 1 is 1.07 bits per heavy atom. The first-order chi connectivity index (χ1) is 13.4. The number of benzene rings is 1. The summed E-state index contributed by atoms with van der Waals surface area (Å²) in [4.78, 5) is 24.6. The molecule has 6 heteroatoms. The van der Waals surface area contributed by atoms with Crippen LogP contribution < -0.4 is 10.6 Å². The molecule has 1 unspecified atom stereocenters. The van der Waals surface area contributed by atoms with Crippen LogP contribution in [0.25, 0.3) is 0 Å². The minimum absolute atomic E-state index is 0.0357. The molecule has 0 saturated heterocycles. The summed E-state index contributed by atoms with van der Waals surface area (Å²) in [5, 5.41) is 5.97. The van der Waals surface area contributed by atoms with Crippen molar-refractivity contribution in [2.24, 2.45) is 0 Å². The second-order valence-corrected chi connectivity index (χ2v) is 7.18. The molecular formula is C22H36N2O4. The second-order valence-electron chi connectivity index (χ2n) is 7.18. The monoisotopic (exact) mass is 392 g/mol. The van der Waals surface area contributed by atoms with Crippen molar-refractivity contribution in [3.8, 4) is 0 Å². The molecule has 0 bridgehead atoms. The average Bonchev–Trinajstić information content (AvgIpc) is 2.73. The standard InChI is InChI=1S/C22H36N2O4/c1-6-19(7-2)28-17(4)20(25)22(5,8-3)24-15-14-23-21(26)27-16-18-12-10-9-11-13-18/h9-13,17,19,24H,6-8,14-16H2,1-5H3,(H,23,26)/t17-,22?/m0/s1. The molecule has 0 fully saturated rings. The summed E-state index contributed by atoms with van der Waals surface area (Å²) in [6.45, 7) is 10.9. The van der Waals surface area contributed by atoms with E-state index in [2.05, 4.69) is 24.5 Å². The van der Waals surface area contributed by atoms with E-state index in [0.717, 1.165) is 18.4 Å². The highest BCUT2D eigenvalue weighted by atomic mass is 16.5. The maximum absolute atomic E-state index is 12.9. The van der Waals surface area contributed by atoms with Crippen molar-refractivity contribution in [3.05, 3.63) is 35.9 Å². The molecule has 0 radical (unpaired) electrons. The van der Waals surface area contributed by atoms with Gasteiger partial charge in [-0.15, -0.1) is 0 Å². The quantitative estimate of drug-likeness (QED) is 0.499. The molecule has 1 aromatic rings. The molecule has 0 aliphatic heterocycles. The number of Topliss-reactive ketones (excluding diaryl/α,β-unsaturated/α-hetero) is 1. The zero-order valence-electron chi connectivity index (χ0n) is 17.9. The number of ketones is 1. The topological polar surface area (TPSA) is 76.7 Å². The Labute approximate surface area is 169 Å². The van der Waals surface area contributed by atoms with Crippen LogP contribution in [0.5, 0.6) is 0 Å². The highest BCUT2D eigenvalue weighted by Crippen LogP contribution is 2.17. The first-order valence-corrected chi connectivity index (χ1v) is 10.3. The average molecular weight is 393 g/mol. The largest absolute Gasteiger partial charge is 0.445 e. The lowest BCUT2D eigenvalue weighted by atomic mass is 9.90. The molecule has 0 aromatic heterocycles. The molecule has 158 valence electrons. The van der Waals surface area contributed by atoms with E-state index < -0.39 is 17.7 Å². The number of carbonyl (C=O) groups excluding carboxylic acids is 2. The summed E-state index contributed by atoms with van der Waals surface area (Å²) in [5.41, 5.74) is 0.243. The van der Waals surface area contributed by atoms with Crippen LogP contribution in [-0.2, 0) is 20.9 Å². The van der Waals surface area contributed by atoms with E-state index in [9.17, 15) is 9.59 Å². The van der Waals surface area contributed by atoms with Gasteiger partial charge in [-0.3, -0.25) is 4.79 Å². The molecule has 1 rings (SSSR count). The van der Waals surface area contributed by atoms with Crippen molar-refractivity contribution in [2.45, 2.75) is 78.2 Å². The number of ether oxygens (including phenoxy) is 2. The van der Waals surface area contributed by atoms with Gasteiger partial charge in [0, 0.05) is 13.1 Å². The van der Waals surface area contributed by atoms with Crippen molar-refractivity contribution in [1.82, 2.24) is 10.6 Å². The summed E-state index contributed by atoms with van der Waals surface area (Å²) >= 11 is 0. The SMILES string of the molecule is CCC(CC)O[C@@H](C)C(=O)C(C)(CC)NCCNC(=O)OCc1ccccc1. The van der Waals surface area contributed by atoms with Crippen molar-refractivity contribution in [3.63, 3.8) is 0 Å². The number of amides is 1. The Morgan fingerprint density at radius 3 is 2.29 bits per heavy atom. The lowest BCUT2D eigenvalue weighted by Crippen LogP contribution is -2.55. The molecular weight excluding hydrogens is 356 g/mol. The molecule has 0 heterocycles. The van der Waals surface area contributed by atoms with Gasteiger partial charge < -0.3 is 20.1 Å². The van der Waals surface area contributed by atoms with Crippen LogP contribution in [0.1, 0.15) is 59.4 Å². The number of hydrogen-bond acceptors (Lipinski definition) is 5. The third kappa shape index (κ3) is 7.98. The van der Waals surface area contributed by atoms with Gasteiger partial charge in [0.05, 0.1) is 11.6 Å². The fraction of sp³-hybridized carbons (Fsp3) is 0.636. The molecule has 0 spiro atoms. The molecule has 28 heavy (non-hydrogen) atoms. The van der Waals surface area contributed by atoms with Gasteiger partial charge in [0.1, 0.15) is 12.7 Å². The summed E-state index contributed by atoms with van der Waals surface area (Å²) in [6.07, 6.45) is 1.58. The minimum Gasteiger partial charge on any atom is -0.445 e. The summed E-state index contributed by atoms with van der Waals surface area (Å²) in [5.74, 6) is 0.0357. The van der Waals surface area contributed by atoms with Crippen molar-refractivity contribution < 1.29 is 19.1 Å². The van der Waals surface area contributed by atoms with E-state index in [1.54, 1.807) is 0 Å². The fourth-order valence-corrected chi connectivity index (χ4v) is 2.94. The van der Waals surface area contributed by atoms with Crippen LogP contribution in [0.4, 0.5) is 4.79 Å². The Kier molecular flexibility index (Phi) is 10.8. The Bertz CT molecular complexity index is 589. The third-order valence-electron chi connectivity index (χ3n) is 5.05. The zero-order valence-corrected chi connectivity index (χ0v) is 17.9. The minimum atomic E-state index is -0.693. The molecule has 2 atom stereocenters. The molecule has 0 saturated carbocycles. The maximum atomic E-state index is 12.9. The highest BCUT2D eigenvalue weighted by Gasteiger charge is 2.35. The van der Waals surface area contributed by atoms with Crippen LogP contribution in [-0.4, -0.2) is 42.7 Å². The summed E-state index contributed by atoms with van der Waals surface area (Å²) < 4.78 is 11.1. The van der Waals surface area contributed by atoms with Crippen molar-refractivity contribution in [1.29, 1.82) is 0 Å². The van der Waals surface area contributed by atoms with Crippen LogP contribution >= 0.6 is 0 Å². The van der Waals surface area contributed by atoms with Gasteiger partial charge in [-0.1, -0.05) is 51.1 Å². The molecule has 2 N–H and O–H groups in total. The van der Waals surface area contributed by atoms with Crippen molar-refractivity contribution >= 4 is 11.9 Å². The van der Waals surface area contributed by atoms with E-state index in [4.69, 9.17) is 9.47 Å². The van der Waals surface area contributed by atoms with E-state index >= 15 is 0 Å². The summed E-state index contributed by atoms with van der Waals surface area (Å²) in [6, 6.07) is 9.52.